The number of carbonyl (C=O) groups is 1. The summed E-state index contributed by atoms with van der Waals surface area (Å²) < 4.78 is 0. The molecule has 21 heavy (non-hydrogen) atoms. The van der Waals surface area contributed by atoms with E-state index in [2.05, 4.69) is 12.2 Å². The van der Waals surface area contributed by atoms with Crippen LogP contribution in [0.4, 0.5) is 5.69 Å². The van der Waals surface area contributed by atoms with Gasteiger partial charge in [-0.1, -0.05) is 25.5 Å². The average molecular weight is 291 g/mol. The Morgan fingerprint density at radius 3 is 2.86 bits per heavy atom. The first kappa shape index (κ1) is 15.4. The minimum Gasteiger partial charge on any atom is -0.344 e. The Balaban J connectivity index is 2.17. The highest BCUT2D eigenvalue weighted by molar-refractivity contribution is 5.83. The van der Waals surface area contributed by atoms with Crippen molar-refractivity contribution in [1.82, 2.24) is 10.2 Å². The van der Waals surface area contributed by atoms with Crippen molar-refractivity contribution in [1.29, 1.82) is 0 Å². The number of amides is 1. The van der Waals surface area contributed by atoms with E-state index < -0.39 is 0 Å². The number of nitrogens with one attached hydrogen (secondary N) is 1. The highest BCUT2D eigenvalue weighted by Gasteiger charge is 2.31. The van der Waals surface area contributed by atoms with Gasteiger partial charge in [0.1, 0.15) is 0 Å². The standard InChI is InChI=1S/C15H21N3O3/c1-3-5-13(16-14-8-9-17(2)15(14)19)11-6-4-7-12(10-11)18(20)21/h4,6-7,10,13-14,16H,3,5,8-9H2,1-2H3. The molecule has 2 atom stereocenters. The van der Waals surface area contributed by atoms with E-state index in [1.54, 1.807) is 24.1 Å². The van der Waals surface area contributed by atoms with Crippen LogP contribution in [0, 0.1) is 10.1 Å². The van der Waals surface area contributed by atoms with Crippen LogP contribution in [0.15, 0.2) is 24.3 Å². The second-order valence-corrected chi connectivity index (χ2v) is 5.46. The quantitative estimate of drug-likeness (QED) is 0.644. The summed E-state index contributed by atoms with van der Waals surface area (Å²) in [5, 5.41) is 14.3. The van der Waals surface area contributed by atoms with Gasteiger partial charge in [-0.15, -0.1) is 0 Å². The first-order chi connectivity index (χ1) is 10.0. The molecule has 1 saturated heterocycles. The largest absolute Gasteiger partial charge is 0.344 e. The van der Waals surface area contributed by atoms with E-state index in [0.29, 0.717) is 0 Å². The zero-order valence-electron chi connectivity index (χ0n) is 12.4. The van der Waals surface area contributed by atoms with Gasteiger partial charge in [0.05, 0.1) is 11.0 Å². The van der Waals surface area contributed by atoms with Crippen LogP contribution >= 0.6 is 0 Å². The molecule has 2 unspecified atom stereocenters. The number of rotatable bonds is 6. The van der Waals surface area contributed by atoms with E-state index in [-0.39, 0.29) is 28.6 Å². The number of nitro benzene ring substituents is 1. The summed E-state index contributed by atoms with van der Waals surface area (Å²) in [5.41, 5.74) is 0.957. The minimum atomic E-state index is -0.388. The second kappa shape index (κ2) is 6.67. The number of hydrogen-bond donors (Lipinski definition) is 1. The third-order valence-corrected chi connectivity index (χ3v) is 3.89. The van der Waals surface area contributed by atoms with Gasteiger partial charge in [-0.05, 0) is 18.4 Å². The van der Waals surface area contributed by atoms with Crippen LogP contribution in [0.2, 0.25) is 0 Å². The molecule has 6 heteroatoms. The monoisotopic (exact) mass is 291 g/mol. The molecule has 1 N–H and O–H groups in total. The zero-order valence-corrected chi connectivity index (χ0v) is 12.4. The Labute approximate surface area is 124 Å². The van der Waals surface area contributed by atoms with E-state index in [0.717, 1.165) is 31.4 Å². The summed E-state index contributed by atoms with van der Waals surface area (Å²) in [4.78, 5) is 24.2. The molecule has 0 radical (unpaired) electrons. The van der Waals surface area contributed by atoms with E-state index in [4.69, 9.17) is 0 Å². The lowest BCUT2D eigenvalue weighted by atomic mass is 10.0. The van der Waals surface area contributed by atoms with Crippen molar-refractivity contribution < 1.29 is 9.72 Å². The molecule has 0 saturated carbocycles. The Hall–Kier alpha value is -1.95. The van der Waals surface area contributed by atoms with Gasteiger partial charge in [-0.3, -0.25) is 20.2 Å². The molecule has 6 nitrogen and oxygen atoms in total. The molecule has 1 aliphatic heterocycles. The fraction of sp³-hybridized carbons (Fsp3) is 0.533. The predicted octanol–water partition coefficient (Wildman–Crippen LogP) is 2.26. The van der Waals surface area contributed by atoms with E-state index in [9.17, 15) is 14.9 Å². The van der Waals surface area contributed by atoms with Crippen LogP contribution in [-0.2, 0) is 4.79 Å². The van der Waals surface area contributed by atoms with Crippen molar-refractivity contribution in [2.24, 2.45) is 0 Å². The van der Waals surface area contributed by atoms with Gasteiger partial charge in [0.2, 0.25) is 5.91 Å². The highest BCUT2D eigenvalue weighted by Crippen LogP contribution is 2.24. The summed E-state index contributed by atoms with van der Waals surface area (Å²) in [6.45, 7) is 2.82. The van der Waals surface area contributed by atoms with Gasteiger partial charge in [-0.2, -0.15) is 0 Å². The molecule has 0 aliphatic carbocycles. The number of hydrogen-bond acceptors (Lipinski definition) is 4. The van der Waals surface area contributed by atoms with Crippen LogP contribution < -0.4 is 5.32 Å². The third kappa shape index (κ3) is 3.58. The van der Waals surface area contributed by atoms with Gasteiger partial charge in [0, 0.05) is 31.8 Å². The maximum atomic E-state index is 12.0. The van der Waals surface area contributed by atoms with Crippen molar-refractivity contribution in [3.05, 3.63) is 39.9 Å². The Morgan fingerprint density at radius 2 is 2.29 bits per heavy atom. The van der Waals surface area contributed by atoms with Gasteiger partial charge >= 0.3 is 0 Å². The molecule has 0 bridgehead atoms. The SMILES string of the molecule is CCCC(NC1CCN(C)C1=O)c1cccc([N+](=O)[O-])c1. The van der Waals surface area contributed by atoms with E-state index in [1.165, 1.54) is 6.07 Å². The lowest BCUT2D eigenvalue weighted by Gasteiger charge is -2.22. The number of non-ortho nitro benzene ring substituents is 1. The molecule has 1 aromatic rings. The van der Waals surface area contributed by atoms with E-state index >= 15 is 0 Å². The average Bonchev–Trinajstić information content (AvgIpc) is 2.79. The molecule has 1 fully saturated rings. The number of nitrogens with zero attached hydrogens (tertiary/aromatic N) is 2. The molecular formula is C15H21N3O3. The third-order valence-electron chi connectivity index (χ3n) is 3.89. The second-order valence-electron chi connectivity index (χ2n) is 5.46. The Bertz CT molecular complexity index is 533. The summed E-state index contributed by atoms with van der Waals surface area (Å²) in [6, 6.07) is 6.43. The molecule has 1 aliphatic rings. The molecule has 1 amide bonds. The van der Waals surface area contributed by atoms with Crippen molar-refractivity contribution in [2.45, 2.75) is 38.3 Å². The number of carbonyl (C=O) groups excluding carboxylic acids is 1. The summed E-state index contributed by atoms with van der Waals surface area (Å²) in [7, 11) is 1.80. The van der Waals surface area contributed by atoms with Gasteiger partial charge in [0.15, 0.2) is 0 Å². The molecule has 1 aromatic carbocycles. The minimum absolute atomic E-state index is 0.0321. The first-order valence-corrected chi connectivity index (χ1v) is 7.28. The van der Waals surface area contributed by atoms with Crippen molar-refractivity contribution in [2.75, 3.05) is 13.6 Å². The van der Waals surface area contributed by atoms with Crippen LogP contribution in [0.1, 0.15) is 37.8 Å². The maximum absolute atomic E-state index is 12.0. The molecule has 1 heterocycles. The Kier molecular flexibility index (Phi) is 4.90. The highest BCUT2D eigenvalue weighted by atomic mass is 16.6. The number of likely N-dealkylation sites (N-methyl/N-ethyl adjacent to an activating group) is 1. The first-order valence-electron chi connectivity index (χ1n) is 7.28. The molecule has 0 aromatic heterocycles. The van der Waals surface area contributed by atoms with Gasteiger partial charge < -0.3 is 4.90 Å². The lowest BCUT2D eigenvalue weighted by Crippen LogP contribution is -2.39. The van der Waals surface area contributed by atoms with Crippen molar-refractivity contribution in [3.63, 3.8) is 0 Å². The summed E-state index contributed by atoms with van der Waals surface area (Å²) in [6.07, 6.45) is 2.57. The zero-order chi connectivity index (χ0) is 15.4. The van der Waals surface area contributed by atoms with Crippen LogP contribution in [0.3, 0.4) is 0 Å². The van der Waals surface area contributed by atoms with Gasteiger partial charge in [-0.25, -0.2) is 0 Å². The number of likely N-dealkylation sites (tertiary alicyclic amines) is 1. The molecule has 0 spiro atoms. The van der Waals surface area contributed by atoms with Gasteiger partial charge in [0.25, 0.3) is 5.69 Å². The maximum Gasteiger partial charge on any atom is 0.269 e. The topological polar surface area (TPSA) is 75.5 Å². The van der Waals surface area contributed by atoms with E-state index in [1.807, 2.05) is 6.07 Å². The summed E-state index contributed by atoms with van der Waals surface area (Å²) in [5.74, 6) is 0.0986. The van der Waals surface area contributed by atoms with Crippen LogP contribution in [0.5, 0.6) is 0 Å². The number of benzene rings is 1. The fourth-order valence-corrected chi connectivity index (χ4v) is 2.71. The summed E-state index contributed by atoms with van der Waals surface area (Å²) >= 11 is 0. The van der Waals surface area contributed by atoms with Crippen LogP contribution in [0.25, 0.3) is 0 Å². The normalized spacial score (nSPS) is 19.8. The molecular weight excluding hydrogens is 270 g/mol. The smallest absolute Gasteiger partial charge is 0.269 e. The molecule has 2 rings (SSSR count). The predicted molar refractivity (Wildman–Crippen MR) is 79.9 cm³/mol. The Morgan fingerprint density at radius 1 is 1.52 bits per heavy atom. The van der Waals surface area contributed by atoms with Crippen molar-refractivity contribution >= 4 is 11.6 Å². The lowest BCUT2D eigenvalue weighted by molar-refractivity contribution is -0.384. The van der Waals surface area contributed by atoms with Crippen LogP contribution in [-0.4, -0.2) is 35.4 Å². The van der Waals surface area contributed by atoms with Crippen molar-refractivity contribution in [3.8, 4) is 0 Å². The molecule has 114 valence electrons. The fourth-order valence-electron chi connectivity index (χ4n) is 2.71. The number of nitro groups is 1.